The Hall–Kier alpha value is -0.850. The Morgan fingerprint density at radius 1 is 1.10 bits per heavy atom. The van der Waals surface area contributed by atoms with Crippen molar-refractivity contribution in [2.75, 3.05) is 67.2 Å². The van der Waals surface area contributed by atoms with Crippen LogP contribution >= 0.6 is 0 Å². The predicted molar refractivity (Wildman–Crippen MR) is 84.5 cm³/mol. The first-order chi connectivity index (χ1) is 9.74. The van der Waals surface area contributed by atoms with Gasteiger partial charge >= 0.3 is 0 Å². The van der Waals surface area contributed by atoms with Gasteiger partial charge in [0.15, 0.2) is 5.96 Å². The van der Waals surface area contributed by atoms with Gasteiger partial charge in [0.2, 0.25) is 0 Å². The molecule has 120 valence electrons. The number of hydrogen-bond acceptors (Lipinski definition) is 4. The lowest BCUT2D eigenvalue weighted by Crippen LogP contribution is -2.41. The number of ether oxygens (including phenoxy) is 2. The molecule has 0 atom stereocenters. The van der Waals surface area contributed by atoms with Crippen LogP contribution < -0.4 is 10.6 Å². The fraction of sp³-hybridized carbons (Fsp3) is 0.929. The van der Waals surface area contributed by atoms with Crippen molar-refractivity contribution in [2.45, 2.75) is 19.8 Å². The highest BCUT2D eigenvalue weighted by Crippen LogP contribution is 1.88. The van der Waals surface area contributed by atoms with Gasteiger partial charge in [0.1, 0.15) is 0 Å². The summed E-state index contributed by atoms with van der Waals surface area (Å²) in [6.07, 6.45) is 2.17. The molecule has 6 nitrogen and oxygen atoms in total. The Morgan fingerprint density at radius 2 is 1.85 bits per heavy atom. The Morgan fingerprint density at radius 3 is 2.50 bits per heavy atom. The molecule has 0 aromatic rings. The zero-order valence-corrected chi connectivity index (χ0v) is 13.6. The molecule has 0 heterocycles. The van der Waals surface area contributed by atoms with Crippen molar-refractivity contribution < 1.29 is 9.47 Å². The minimum Gasteiger partial charge on any atom is -0.383 e. The van der Waals surface area contributed by atoms with Crippen molar-refractivity contribution in [3.63, 3.8) is 0 Å². The summed E-state index contributed by atoms with van der Waals surface area (Å²) in [7, 11) is 5.61. The van der Waals surface area contributed by atoms with Crippen LogP contribution in [0, 0.1) is 0 Å². The number of nitrogens with zero attached hydrogens (tertiary/aromatic N) is 2. The third kappa shape index (κ3) is 12.2. The first kappa shape index (κ1) is 19.1. The average Bonchev–Trinajstić information content (AvgIpc) is 2.46. The quantitative estimate of drug-likeness (QED) is 0.312. The number of likely N-dealkylation sites (N-methyl/N-ethyl adjacent to an activating group) is 1. The maximum Gasteiger partial charge on any atom is 0.191 e. The number of methoxy groups -OCH3 is 1. The number of aliphatic imine (C=N–C) groups is 1. The molecule has 0 saturated heterocycles. The Bertz CT molecular complexity index is 237. The standard InChI is InChI=1S/C14H32N4O2/c1-5-20-12-7-6-8-16-14(15-2)17-9-10-18(3)11-13-19-4/h5-13H2,1-4H3,(H2,15,16,17). The molecule has 0 radical (unpaired) electrons. The van der Waals surface area contributed by atoms with Gasteiger partial charge in [-0.1, -0.05) is 0 Å². The number of hydrogen-bond donors (Lipinski definition) is 2. The molecule has 0 unspecified atom stereocenters. The van der Waals surface area contributed by atoms with E-state index in [9.17, 15) is 0 Å². The van der Waals surface area contributed by atoms with Crippen LogP contribution in [0.2, 0.25) is 0 Å². The fourth-order valence-corrected chi connectivity index (χ4v) is 1.62. The zero-order valence-electron chi connectivity index (χ0n) is 13.6. The summed E-state index contributed by atoms with van der Waals surface area (Å²) < 4.78 is 10.3. The van der Waals surface area contributed by atoms with Crippen LogP contribution in [-0.4, -0.2) is 78.1 Å². The van der Waals surface area contributed by atoms with E-state index in [1.807, 2.05) is 6.92 Å². The summed E-state index contributed by atoms with van der Waals surface area (Å²) in [4.78, 5) is 6.43. The van der Waals surface area contributed by atoms with Gasteiger partial charge in [0.05, 0.1) is 6.61 Å². The van der Waals surface area contributed by atoms with E-state index in [4.69, 9.17) is 9.47 Å². The number of nitrogens with one attached hydrogen (secondary N) is 2. The molecule has 6 heteroatoms. The first-order valence-corrected chi connectivity index (χ1v) is 7.44. The van der Waals surface area contributed by atoms with Gasteiger partial charge in [-0.2, -0.15) is 0 Å². The monoisotopic (exact) mass is 288 g/mol. The van der Waals surface area contributed by atoms with Crippen molar-refractivity contribution in [1.29, 1.82) is 0 Å². The molecule has 0 aliphatic heterocycles. The molecular weight excluding hydrogens is 256 g/mol. The number of unbranched alkanes of at least 4 members (excludes halogenated alkanes) is 1. The zero-order chi connectivity index (χ0) is 15.1. The second-order valence-electron chi connectivity index (χ2n) is 4.63. The van der Waals surface area contributed by atoms with Crippen LogP contribution in [0.25, 0.3) is 0 Å². The smallest absolute Gasteiger partial charge is 0.191 e. The van der Waals surface area contributed by atoms with Crippen LogP contribution in [0.5, 0.6) is 0 Å². The van der Waals surface area contributed by atoms with Crippen LogP contribution in [0.4, 0.5) is 0 Å². The molecule has 0 fully saturated rings. The summed E-state index contributed by atoms with van der Waals surface area (Å²) >= 11 is 0. The van der Waals surface area contributed by atoms with E-state index in [-0.39, 0.29) is 0 Å². The second-order valence-corrected chi connectivity index (χ2v) is 4.63. The molecular formula is C14H32N4O2. The van der Waals surface area contributed by atoms with E-state index in [2.05, 4.69) is 27.6 Å². The SMILES string of the molecule is CCOCCCCNC(=NC)NCCN(C)CCOC. The van der Waals surface area contributed by atoms with Gasteiger partial charge in [-0.25, -0.2) is 0 Å². The van der Waals surface area contributed by atoms with Gasteiger partial charge in [-0.3, -0.25) is 4.99 Å². The van der Waals surface area contributed by atoms with E-state index in [1.165, 1.54) is 0 Å². The predicted octanol–water partition coefficient (Wildman–Crippen LogP) is 0.546. The molecule has 0 aromatic heterocycles. The summed E-state index contributed by atoms with van der Waals surface area (Å²) in [5.41, 5.74) is 0. The molecule has 0 aromatic carbocycles. The minimum atomic E-state index is 0.767. The van der Waals surface area contributed by atoms with Crippen molar-refractivity contribution in [3.8, 4) is 0 Å². The lowest BCUT2D eigenvalue weighted by Gasteiger charge is -2.17. The van der Waals surface area contributed by atoms with E-state index < -0.39 is 0 Å². The Balaban J connectivity index is 3.52. The maximum absolute atomic E-state index is 5.30. The molecule has 0 saturated carbocycles. The molecule has 0 aliphatic rings. The lowest BCUT2D eigenvalue weighted by molar-refractivity contribution is 0.143. The molecule has 0 spiro atoms. The molecule has 20 heavy (non-hydrogen) atoms. The normalized spacial score (nSPS) is 11.9. The summed E-state index contributed by atoms with van der Waals surface area (Å²) in [5.74, 6) is 0.863. The van der Waals surface area contributed by atoms with Gasteiger partial charge in [-0.05, 0) is 26.8 Å². The van der Waals surface area contributed by atoms with Crippen LogP contribution in [0.3, 0.4) is 0 Å². The third-order valence-corrected chi connectivity index (χ3v) is 2.90. The third-order valence-electron chi connectivity index (χ3n) is 2.90. The van der Waals surface area contributed by atoms with E-state index in [0.717, 1.165) is 64.8 Å². The average molecular weight is 288 g/mol. The van der Waals surface area contributed by atoms with Crippen LogP contribution in [0.1, 0.15) is 19.8 Å². The molecule has 2 N–H and O–H groups in total. The highest BCUT2D eigenvalue weighted by molar-refractivity contribution is 5.79. The van der Waals surface area contributed by atoms with E-state index in [0.29, 0.717) is 0 Å². The molecule has 0 rings (SSSR count). The Kier molecular flexibility index (Phi) is 13.9. The maximum atomic E-state index is 5.30. The topological polar surface area (TPSA) is 58.1 Å². The summed E-state index contributed by atoms with van der Waals surface area (Å²) in [5, 5.41) is 6.61. The highest BCUT2D eigenvalue weighted by atomic mass is 16.5. The summed E-state index contributed by atoms with van der Waals surface area (Å²) in [6, 6.07) is 0. The Labute approximate surface area is 123 Å². The van der Waals surface area contributed by atoms with E-state index >= 15 is 0 Å². The van der Waals surface area contributed by atoms with E-state index in [1.54, 1.807) is 14.2 Å². The first-order valence-electron chi connectivity index (χ1n) is 7.44. The van der Waals surface area contributed by atoms with Crippen molar-refractivity contribution in [1.82, 2.24) is 15.5 Å². The van der Waals surface area contributed by atoms with Gasteiger partial charge in [-0.15, -0.1) is 0 Å². The largest absolute Gasteiger partial charge is 0.383 e. The van der Waals surface area contributed by atoms with Gasteiger partial charge in [0, 0.05) is 53.6 Å². The fourth-order valence-electron chi connectivity index (χ4n) is 1.62. The van der Waals surface area contributed by atoms with Crippen LogP contribution in [0.15, 0.2) is 4.99 Å². The molecule has 0 aliphatic carbocycles. The van der Waals surface area contributed by atoms with Crippen molar-refractivity contribution in [3.05, 3.63) is 0 Å². The highest BCUT2D eigenvalue weighted by Gasteiger charge is 1.99. The molecule has 0 bridgehead atoms. The summed E-state index contributed by atoms with van der Waals surface area (Å²) in [6.45, 7) is 8.14. The van der Waals surface area contributed by atoms with Gasteiger partial charge in [0.25, 0.3) is 0 Å². The van der Waals surface area contributed by atoms with Crippen LogP contribution in [-0.2, 0) is 9.47 Å². The molecule has 0 amide bonds. The van der Waals surface area contributed by atoms with Crippen molar-refractivity contribution in [2.24, 2.45) is 4.99 Å². The second kappa shape index (κ2) is 14.6. The minimum absolute atomic E-state index is 0.767. The lowest BCUT2D eigenvalue weighted by atomic mass is 10.3. The number of rotatable bonds is 12. The number of guanidine groups is 1. The van der Waals surface area contributed by atoms with Crippen molar-refractivity contribution >= 4 is 5.96 Å². The van der Waals surface area contributed by atoms with Gasteiger partial charge < -0.3 is 25.0 Å².